The first-order valence-corrected chi connectivity index (χ1v) is 9.84. The minimum atomic E-state index is -0.0771. The number of aliphatic hydroxyl groups excluding tert-OH is 1. The molecule has 24 heavy (non-hydrogen) atoms. The first kappa shape index (κ1) is 17.8. The van der Waals surface area contributed by atoms with Gasteiger partial charge in [-0.05, 0) is 81.0 Å². The molecule has 0 bridgehead atoms. The van der Waals surface area contributed by atoms with Gasteiger partial charge in [0.2, 0.25) is 0 Å². The molecule has 1 saturated heterocycles. The van der Waals surface area contributed by atoms with Crippen LogP contribution in [-0.2, 0) is 0 Å². The van der Waals surface area contributed by atoms with Crippen molar-refractivity contribution in [2.45, 2.75) is 63.9 Å². The van der Waals surface area contributed by atoms with Crippen molar-refractivity contribution in [3.63, 3.8) is 0 Å². The van der Waals surface area contributed by atoms with Gasteiger partial charge in [-0.1, -0.05) is 19.1 Å². The number of piperidine rings is 1. The molecule has 1 saturated carbocycles. The summed E-state index contributed by atoms with van der Waals surface area (Å²) >= 11 is 0. The molecule has 0 spiro atoms. The quantitative estimate of drug-likeness (QED) is 0.793. The van der Waals surface area contributed by atoms with E-state index in [1.807, 2.05) is 0 Å². The maximum atomic E-state index is 9.62. The van der Waals surface area contributed by atoms with Crippen molar-refractivity contribution in [2.24, 2.45) is 5.92 Å². The fourth-order valence-electron chi connectivity index (χ4n) is 4.21. The Kier molecular flexibility index (Phi) is 6.56. The van der Waals surface area contributed by atoms with E-state index >= 15 is 0 Å². The van der Waals surface area contributed by atoms with Gasteiger partial charge in [-0.3, -0.25) is 0 Å². The summed E-state index contributed by atoms with van der Waals surface area (Å²) < 4.78 is 5.92. The molecule has 0 aromatic heterocycles. The lowest BCUT2D eigenvalue weighted by molar-refractivity contribution is 0.122. The van der Waals surface area contributed by atoms with Crippen LogP contribution in [0.5, 0.6) is 5.75 Å². The van der Waals surface area contributed by atoms with Crippen LogP contribution >= 0.6 is 0 Å². The van der Waals surface area contributed by atoms with Gasteiger partial charge in [0, 0.05) is 13.1 Å². The largest absolute Gasteiger partial charge is 0.494 e. The summed E-state index contributed by atoms with van der Waals surface area (Å²) in [4.78, 5) is 2.58. The van der Waals surface area contributed by atoms with Gasteiger partial charge in [-0.25, -0.2) is 0 Å². The summed E-state index contributed by atoms with van der Waals surface area (Å²) in [5.41, 5.74) is 1.40. The van der Waals surface area contributed by atoms with Gasteiger partial charge in [-0.15, -0.1) is 0 Å². The zero-order chi connectivity index (χ0) is 16.8. The van der Waals surface area contributed by atoms with E-state index in [4.69, 9.17) is 4.74 Å². The van der Waals surface area contributed by atoms with Crippen LogP contribution in [0, 0.1) is 5.92 Å². The van der Waals surface area contributed by atoms with Gasteiger partial charge in [0.25, 0.3) is 0 Å². The number of nitrogens with zero attached hydrogens (tertiary/aromatic N) is 1. The average molecular weight is 332 g/mol. The Morgan fingerprint density at radius 3 is 2.54 bits per heavy atom. The van der Waals surface area contributed by atoms with Crippen LogP contribution in [-0.4, -0.2) is 42.4 Å². The first-order valence-electron chi connectivity index (χ1n) is 9.84. The van der Waals surface area contributed by atoms with Crippen molar-refractivity contribution < 1.29 is 9.84 Å². The van der Waals surface area contributed by atoms with E-state index in [-0.39, 0.29) is 6.10 Å². The Morgan fingerprint density at radius 2 is 1.83 bits per heavy atom. The number of likely N-dealkylation sites (tertiary alicyclic amines) is 1. The second-order valence-electron chi connectivity index (χ2n) is 7.82. The topological polar surface area (TPSA) is 32.7 Å². The van der Waals surface area contributed by atoms with Crippen LogP contribution in [0.15, 0.2) is 24.3 Å². The Bertz CT molecular complexity index is 479. The van der Waals surface area contributed by atoms with E-state index < -0.39 is 0 Å². The van der Waals surface area contributed by atoms with Gasteiger partial charge in [-0.2, -0.15) is 0 Å². The number of aliphatic hydroxyl groups is 1. The molecule has 1 aliphatic carbocycles. The molecule has 2 aliphatic rings. The first-order chi connectivity index (χ1) is 11.7. The van der Waals surface area contributed by atoms with Crippen molar-refractivity contribution in [1.82, 2.24) is 4.90 Å². The fourth-order valence-corrected chi connectivity index (χ4v) is 4.21. The zero-order valence-corrected chi connectivity index (χ0v) is 15.1. The summed E-state index contributed by atoms with van der Waals surface area (Å²) in [5, 5.41) is 9.62. The predicted molar refractivity (Wildman–Crippen MR) is 98.6 cm³/mol. The molecule has 3 heteroatoms. The predicted octanol–water partition coefficient (Wildman–Crippen LogP) is 4.21. The summed E-state index contributed by atoms with van der Waals surface area (Å²) in [6, 6.07) is 8.65. The molecule has 1 atom stereocenters. The Hall–Kier alpha value is -1.06. The normalized spacial score (nSPS) is 28.7. The minimum absolute atomic E-state index is 0.0771. The Balaban J connectivity index is 1.37. The molecule has 0 radical (unpaired) electrons. The molecule has 1 aromatic carbocycles. The van der Waals surface area contributed by atoms with Crippen LogP contribution in [0.3, 0.4) is 0 Å². The highest BCUT2D eigenvalue weighted by Crippen LogP contribution is 2.33. The third-order valence-corrected chi connectivity index (χ3v) is 5.68. The molecule has 1 N–H and O–H groups in total. The van der Waals surface area contributed by atoms with Crippen LogP contribution in [0.25, 0.3) is 0 Å². The monoisotopic (exact) mass is 331 g/mol. The number of benzene rings is 1. The third kappa shape index (κ3) is 5.22. The van der Waals surface area contributed by atoms with Gasteiger partial charge >= 0.3 is 0 Å². The Labute approximate surface area is 147 Å². The molecule has 1 unspecified atom stereocenters. The molecule has 0 amide bonds. The van der Waals surface area contributed by atoms with Gasteiger partial charge < -0.3 is 14.7 Å². The second-order valence-corrected chi connectivity index (χ2v) is 7.82. The highest BCUT2D eigenvalue weighted by atomic mass is 16.5. The van der Waals surface area contributed by atoms with Crippen molar-refractivity contribution >= 4 is 0 Å². The van der Waals surface area contributed by atoms with E-state index in [9.17, 15) is 5.11 Å². The SMILES string of the molecule is CC1CCCN(CCCOc2ccc([C@H]3CC[C@H](O)CC3)cc2)C1. The lowest BCUT2D eigenvalue weighted by Crippen LogP contribution is -2.35. The molecular weight excluding hydrogens is 298 g/mol. The summed E-state index contributed by atoms with van der Waals surface area (Å²) in [7, 11) is 0. The highest BCUT2D eigenvalue weighted by Gasteiger charge is 2.20. The molecule has 2 fully saturated rings. The van der Waals surface area contributed by atoms with E-state index in [0.29, 0.717) is 5.92 Å². The van der Waals surface area contributed by atoms with E-state index in [2.05, 4.69) is 36.1 Å². The van der Waals surface area contributed by atoms with E-state index in [1.54, 1.807) is 0 Å². The highest BCUT2D eigenvalue weighted by molar-refractivity contribution is 5.29. The zero-order valence-electron chi connectivity index (χ0n) is 15.1. The number of hydrogen-bond acceptors (Lipinski definition) is 3. The molecular formula is C21H33NO2. The summed E-state index contributed by atoms with van der Waals surface area (Å²) in [5.74, 6) is 2.46. The van der Waals surface area contributed by atoms with Gasteiger partial charge in [0.05, 0.1) is 12.7 Å². The lowest BCUT2D eigenvalue weighted by Gasteiger charge is -2.30. The lowest BCUT2D eigenvalue weighted by atomic mass is 9.83. The number of rotatable bonds is 6. The second kappa shape index (κ2) is 8.87. The molecule has 3 rings (SSSR count). The maximum absolute atomic E-state index is 9.62. The summed E-state index contributed by atoms with van der Waals surface area (Å²) in [6.07, 6.45) is 7.86. The molecule has 1 aromatic rings. The van der Waals surface area contributed by atoms with Crippen molar-refractivity contribution in [1.29, 1.82) is 0 Å². The van der Waals surface area contributed by atoms with Crippen LogP contribution in [0.1, 0.15) is 63.4 Å². The molecule has 134 valence electrons. The van der Waals surface area contributed by atoms with Gasteiger partial charge in [0.15, 0.2) is 0 Å². The molecule has 3 nitrogen and oxygen atoms in total. The third-order valence-electron chi connectivity index (χ3n) is 5.68. The summed E-state index contributed by atoms with van der Waals surface area (Å²) in [6.45, 7) is 6.84. The maximum Gasteiger partial charge on any atom is 0.119 e. The molecule has 1 heterocycles. The minimum Gasteiger partial charge on any atom is -0.494 e. The van der Waals surface area contributed by atoms with E-state index in [0.717, 1.165) is 56.9 Å². The number of ether oxygens (including phenoxy) is 1. The van der Waals surface area contributed by atoms with Crippen LogP contribution in [0.2, 0.25) is 0 Å². The average Bonchev–Trinajstić information content (AvgIpc) is 2.60. The van der Waals surface area contributed by atoms with Crippen molar-refractivity contribution in [2.75, 3.05) is 26.2 Å². The van der Waals surface area contributed by atoms with Crippen molar-refractivity contribution in [3.05, 3.63) is 29.8 Å². The van der Waals surface area contributed by atoms with Gasteiger partial charge in [0.1, 0.15) is 5.75 Å². The smallest absolute Gasteiger partial charge is 0.119 e. The van der Waals surface area contributed by atoms with Crippen LogP contribution < -0.4 is 4.74 Å². The Morgan fingerprint density at radius 1 is 1.08 bits per heavy atom. The van der Waals surface area contributed by atoms with Crippen molar-refractivity contribution in [3.8, 4) is 5.75 Å². The van der Waals surface area contributed by atoms with Crippen LogP contribution in [0.4, 0.5) is 0 Å². The molecule has 1 aliphatic heterocycles. The standard InChI is InChI=1S/C21H33NO2/c1-17-4-2-13-22(16-17)14-3-15-24-21-11-7-19(8-12-21)18-5-9-20(23)10-6-18/h7-8,11-12,17-18,20,23H,2-6,9-10,13-16H2,1H3/t17?,18-,20-. The number of hydrogen-bond donors (Lipinski definition) is 1. The van der Waals surface area contributed by atoms with E-state index in [1.165, 1.54) is 31.5 Å². The fraction of sp³-hybridized carbons (Fsp3) is 0.714.